The van der Waals surface area contributed by atoms with Gasteiger partial charge in [0.15, 0.2) is 0 Å². The zero-order valence-electron chi connectivity index (χ0n) is 14.8. The van der Waals surface area contributed by atoms with E-state index in [0.717, 1.165) is 24.8 Å². The zero-order valence-corrected chi connectivity index (χ0v) is 14.8. The van der Waals surface area contributed by atoms with Crippen LogP contribution in [0.2, 0.25) is 0 Å². The summed E-state index contributed by atoms with van der Waals surface area (Å²) in [5.41, 5.74) is 4.29. The SMILES string of the molecule is CCOC(=N[C@@H]1CCCc2ccccc21)NC(=O)c1ccc(C)cc1. The molecule has 1 atom stereocenters. The van der Waals surface area contributed by atoms with E-state index in [1.807, 2.05) is 44.2 Å². The second-order valence-electron chi connectivity index (χ2n) is 6.29. The van der Waals surface area contributed by atoms with Crippen LogP contribution in [0.1, 0.15) is 52.9 Å². The van der Waals surface area contributed by atoms with Crippen LogP contribution in [0.25, 0.3) is 0 Å². The number of aliphatic imine (C=N–C) groups is 1. The van der Waals surface area contributed by atoms with Crippen LogP contribution in [0.3, 0.4) is 0 Å². The lowest BCUT2D eigenvalue weighted by Gasteiger charge is -2.23. The number of amidine groups is 1. The van der Waals surface area contributed by atoms with E-state index in [1.54, 1.807) is 0 Å². The van der Waals surface area contributed by atoms with Crippen molar-refractivity contribution in [2.45, 2.75) is 39.2 Å². The smallest absolute Gasteiger partial charge is 0.292 e. The summed E-state index contributed by atoms with van der Waals surface area (Å²) >= 11 is 0. The van der Waals surface area contributed by atoms with E-state index >= 15 is 0 Å². The van der Waals surface area contributed by atoms with Crippen LogP contribution in [0.5, 0.6) is 0 Å². The summed E-state index contributed by atoms with van der Waals surface area (Å²) in [7, 11) is 0. The summed E-state index contributed by atoms with van der Waals surface area (Å²) in [6.07, 6.45) is 3.15. The van der Waals surface area contributed by atoms with Gasteiger partial charge in [-0.2, -0.15) is 0 Å². The molecule has 0 saturated heterocycles. The van der Waals surface area contributed by atoms with Gasteiger partial charge in [0.2, 0.25) is 0 Å². The third kappa shape index (κ3) is 4.27. The van der Waals surface area contributed by atoms with Gasteiger partial charge in [0, 0.05) is 5.56 Å². The highest BCUT2D eigenvalue weighted by atomic mass is 16.5. The number of carbonyl (C=O) groups is 1. The molecule has 3 rings (SSSR count). The lowest BCUT2D eigenvalue weighted by atomic mass is 9.88. The number of ether oxygens (including phenoxy) is 1. The second-order valence-corrected chi connectivity index (χ2v) is 6.29. The Balaban J connectivity index is 1.80. The number of benzene rings is 2. The first-order chi connectivity index (χ1) is 12.2. The number of nitrogens with zero attached hydrogens (tertiary/aromatic N) is 1. The number of carbonyl (C=O) groups excluding carboxylic acids is 1. The molecule has 1 N–H and O–H groups in total. The third-order valence-electron chi connectivity index (χ3n) is 4.43. The Morgan fingerprint density at radius 2 is 1.96 bits per heavy atom. The first-order valence-electron chi connectivity index (χ1n) is 8.84. The highest BCUT2D eigenvalue weighted by molar-refractivity contribution is 6.04. The number of fused-ring (bicyclic) bond motifs is 1. The molecule has 0 unspecified atom stereocenters. The van der Waals surface area contributed by atoms with Crippen LogP contribution in [0.15, 0.2) is 53.5 Å². The minimum Gasteiger partial charge on any atom is -0.465 e. The van der Waals surface area contributed by atoms with Crippen molar-refractivity contribution in [2.75, 3.05) is 6.61 Å². The Labute approximate surface area is 148 Å². The predicted octanol–water partition coefficient (Wildman–Crippen LogP) is 4.19. The minimum absolute atomic E-state index is 0.0322. The molecule has 0 aromatic heterocycles. The average molecular weight is 336 g/mol. The molecule has 2 aromatic rings. The number of nitrogens with one attached hydrogen (secondary N) is 1. The molecule has 0 saturated carbocycles. The van der Waals surface area contributed by atoms with Crippen molar-refractivity contribution in [1.29, 1.82) is 0 Å². The van der Waals surface area contributed by atoms with Crippen LogP contribution < -0.4 is 5.32 Å². The molecular weight excluding hydrogens is 312 g/mol. The molecule has 4 nitrogen and oxygen atoms in total. The molecule has 4 heteroatoms. The van der Waals surface area contributed by atoms with Gasteiger partial charge in [0.05, 0.1) is 12.6 Å². The maximum atomic E-state index is 12.5. The molecule has 130 valence electrons. The van der Waals surface area contributed by atoms with Gasteiger partial charge in [-0.15, -0.1) is 0 Å². The Morgan fingerprint density at radius 3 is 2.72 bits per heavy atom. The molecule has 0 radical (unpaired) electrons. The van der Waals surface area contributed by atoms with Crippen molar-refractivity contribution < 1.29 is 9.53 Å². The summed E-state index contributed by atoms with van der Waals surface area (Å²) in [5, 5.41) is 2.82. The van der Waals surface area contributed by atoms with E-state index in [-0.39, 0.29) is 11.9 Å². The van der Waals surface area contributed by atoms with Crippen LogP contribution in [0, 0.1) is 6.92 Å². The predicted molar refractivity (Wildman–Crippen MR) is 99.8 cm³/mol. The molecule has 1 aliphatic rings. The maximum Gasteiger partial charge on any atom is 0.292 e. The Bertz CT molecular complexity index is 766. The van der Waals surface area contributed by atoms with E-state index < -0.39 is 0 Å². The van der Waals surface area contributed by atoms with Crippen molar-refractivity contribution >= 4 is 11.9 Å². The molecule has 1 aliphatic carbocycles. The summed E-state index contributed by atoms with van der Waals surface area (Å²) in [4.78, 5) is 17.2. The number of rotatable bonds is 3. The summed E-state index contributed by atoms with van der Waals surface area (Å²) in [5.74, 6) is -0.198. The van der Waals surface area contributed by atoms with Crippen LogP contribution in [0.4, 0.5) is 0 Å². The van der Waals surface area contributed by atoms with E-state index in [4.69, 9.17) is 9.73 Å². The first-order valence-corrected chi connectivity index (χ1v) is 8.84. The first kappa shape index (κ1) is 17.2. The van der Waals surface area contributed by atoms with Gasteiger partial charge >= 0.3 is 0 Å². The van der Waals surface area contributed by atoms with Crippen LogP contribution in [-0.4, -0.2) is 18.5 Å². The number of hydrogen-bond donors (Lipinski definition) is 1. The Hall–Kier alpha value is -2.62. The molecule has 0 bridgehead atoms. The Morgan fingerprint density at radius 1 is 1.20 bits per heavy atom. The van der Waals surface area contributed by atoms with Crippen LogP contribution in [-0.2, 0) is 11.2 Å². The van der Waals surface area contributed by atoms with E-state index in [1.165, 1.54) is 11.1 Å². The zero-order chi connectivity index (χ0) is 17.6. The maximum absolute atomic E-state index is 12.5. The van der Waals surface area contributed by atoms with Crippen molar-refractivity contribution in [1.82, 2.24) is 5.32 Å². The average Bonchev–Trinajstić information content (AvgIpc) is 2.63. The normalized spacial score (nSPS) is 16.9. The summed E-state index contributed by atoms with van der Waals surface area (Å²) < 4.78 is 5.59. The number of aryl methyl sites for hydroxylation is 2. The van der Waals surface area contributed by atoms with E-state index in [2.05, 4.69) is 23.5 Å². The quantitative estimate of drug-likeness (QED) is 0.675. The van der Waals surface area contributed by atoms with Crippen molar-refractivity contribution in [3.05, 3.63) is 70.8 Å². The third-order valence-corrected chi connectivity index (χ3v) is 4.43. The van der Waals surface area contributed by atoms with Gasteiger partial charge in [-0.25, -0.2) is 4.99 Å². The van der Waals surface area contributed by atoms with Gasteiger partial charge in [-0.1, -0.05) is 42.0 Å². The lowest BCUT2D eigenvalue weighted by Crippen LogP contribution is -2.33. The summed E-state index contributed by atoms with van der Waals surface area (Å²) in [6, 6.07) is 16.2. The Kier molecular flexibility index (Phi) is 5.49. The molecular formula is C21H24N2O2. The molecule has 1 amide bonds. The topological polar surface area (TPSA) is 50.7 Å². The monoisotopic (exact) mass is 336 g/mol. The van der Waals surface area contributed by atoms with E-state index in [0.29, 0.717) is 18.2 Å². The van der Waals surface area contributed by atoms with Crippen LogP contribution >= 0.6 is 0 Å². The van der Waals surface area contributed by atoms with Gasteiger partial charge < -0.3 is 4.74 Å². The minimum atomic E-state index is -0.198. The molecule has 2 aromatic carbocycles. The van der Waals surface area contributed by atoms with Gasteiger partial charge in [0.1, 0.15) is 0 Å². The molecule has 0 spiro atoms. The standard InChI is InChI=1S/C21H24N2O2/c1-3-25-21(23-20(24)17-13-11-15(2)12-14-17)22-19-10-6-8-16-7-4-5-9-18(16)19/h4-5,7,9,11-14,19H,3,6,8,10H2,1-2H3,(H,22,23,24)/t19-/m1/s1. The molecule has 0 heterocycles. The van der Waals surface area contributed by atoms with Crippen molar-refractivity contribution in [3.63, 3.8) is 0 Å². The second kappa shape index (κ2) is 7.97. The largest absolute Gasteiger partial charge is 0.465 e. The molecule has 25 heavy (non-hydrogen) atoms. The highest BCUT2D eigenvalue weighted by Gasteiger charge is 2.21. The number of hydrogen-bond acceptors (Lipinski definition) is 3. The van der Waals surface area contributed by atoms with Crippen molar-refractivity contribution in [2.24, 2.45) is 4.99 Å². The van der Waals surface area contributed by atoms with E-state index in [9.17, 15) is 4.79 Å². The lowest BCUT2D eigenvalue weighted by molar-refractivity contribution is 0.0966. The molecule has 0 fully saturated rings. The van der Waals surface area contributed by atoms with Gasteiger partial charge in [-0.05, 0) is 56.4 Å². The summed E-state index contributed by atoms with van der Waals surface area (Å²) in [6.45, 7) is 4.35. The van der Waals surface area contributed by atoms with Gasteiger partial charge in [-0.3, -0.25) is 10.1 Å². The van der Waals surface area contributed by atoms with Crippen molar-refractivity contribution in [3.8, 4) is 0 Å². The molecule has 0 aliphatic heterocycles. The fraction of sp³-hybridized carbons (Fsp3) is 0.333. The number of amides is 1. The van der Waals surface area contributed by atoms with Gasteiger partial charge in [0.25, 0.3) is 11.9 Å². The fourth-order valence-electron chi connectivity index (χ4n) is 3.12. The fourth-order valence-corrected chi connectivity index (χ4v) is 3.12. The highest BCUT2D eigenvalue weighted by Crippen LogP contribution is 2.32.